The summed E-state index contributed by atoms with van der Waals surface area (Å²) < 4.78 is 5.28. The van der Waals surface area contributed by atoms with E-state index in [1.165, 1.54) is 30.0 Å². The Kier molecular flexibility index (Phi) is 10.6. The van der Waals surface area contributed by atoms with Crippen molar-refractivity contribution in [3.05, 3.63) is 75.2 Å². The van der Waals surface area contributed by atoms with E-state index in [1.54, 1.807) is 36.1 Å². The summed E-state index contributed by atoms with van der Waals surface area (Å²) in [7, 11) is 0. The predicted molar refractivity (Wildman–Crippen MR) is 168 cm³/mol. The molecule has 0 saturated carbocycles. The van der Waals surface area contributed by atoms with Crippen LogP contribution in [0.25, 0.3) is 0 Å². The molecule has 0 bridgehead atoms. The zero-order valence-corrected chi connectivity index (χ0v) is 26.3. The van der Waals surface area contributed by atoms with Gasteiger partial charge in [-0.25, -0.2) is 14.4 Å². The van der Waals surface area contributed by atoms with Crippen molar-refractivity contribution in [3.63, 3.8) is 0 Å². The lowest BCUT2D eigenvalue weighted by Crippen LogP contribution is -2.34. The number of hydrogen-bond donors (Lipinski definition) is 4. The number of nitrogens with one attached hydrogen (secondary N) is 2. The van der Waals surface area contributed by atoms with E-state index in [4.69, 9.17) is 9.84 Å². The van der Waals surface area contributed by atoms with Crippen molar-refractivity contribution in [3.8, 4) is 0 Å². The van der Waals surface area contributed by atoms with E-state index in [9.17, 15) is 33.9 Å². The third kappa shape index (κ3) is 7.70. The molecule has 3 amide bonds. The fraction of sp³-hybridized carbons (Fsp3) is 0.290. The lowest BCUT2D eigenvalue weighted by atomic mass is 10.0. The maximum atomic E-state index is 13.5. The van der Waals surface area contributed by atoms with Crippen molar-refractivity contribution in [2.75, 3.05) is 23.8 Å². The quantitative estimate of drug-likeness (QED) is 0.163. The Hall–Kier alpha value is -4.69. The number of thiophene rings is 1. The zero-order chi connectivity index (χ0) is 32.8. The van der Waals surface area contributed by atoms with Crippen LogP contribution in [0.3, 0.4) is 0 Å². The minimum Gasteiger partial charge on any atom is -0.478 e. The van der Waals surface area contributed by atoms with Gasteiger partial charge in [-0.1, -0.05) is 13.0 Å². The molecule has 1 atom stereocenters. The number of nitrogens with zero attached hydrogens (tertiary/aromatic N) is 1. The second-order valence-electron chi connectivity index (χ2n) is 9.98. The molecule has 14 heteroatoms. The van der Waals surface area contributed by atoms with E-state index < -0.39 is 34.6 Å². The number of carbonyl (C=O) groups excluding carboxylic acids is 4. The van der Waals surface area contributed by atoms with Crippen molar-refractivity contribution in [2.45, 2.75) is 50.3 Å². The van der Waals surface area contributed by atoms with Gasteiger partial charge in [0.2, 0.25) is 11.8 Å². The van der Waals surface area contributed by atoms with E-state index in [1.807, 2.05) is 6.92 Å². The first-order valence-electron chi connectivity index (χ1n) is 14.0. The smallest absolute Gasteiger partial charge is 0.341 e. The van der Waals surface area contributed by atoms with Crippen LogP contribution in [0.2, 0.25) is 0 Å². The predicted octanol–water partition coefficient (Wildman–Crippen LogP) is 4.99. The molecular formula is C31H31N3O9S2. The molecule has 12 nitrogen and oxygen atoms in total. The minimum atomic E-state index is -1.45. The Labute approximate surface area is 266 Å². The number of aromatic carboxylic acids is 2. The molecular weight excluding hydrogens is 622 g/mol. The number of thioether (sulfide) groups is 1. The van der Waals surface area contributed by atoms with Gasteiger partial charge in [-0.15, -0.1) is 23.1 Å². The number of rotatable bonds is 11. The lowest BCUT2D eigenvalue weighted by Gasteiger charge is -2.25. The van der Waals surface area contributed by atoms with E-state index in [-0.39, 0.29) is 29.5 Å². The summed E-state index contributed by atoms with van der Waals surface area (Å²) in [5.74, 6) is -4.45. The van der Waals surface area contributed by atoms with Crippen LogP contribution < -0.4 is 10.6 Å². The van der Waals surface area contributed by atoms with Crippen LogP contribution in [-0.4, -0.2) is 69.1 Å². The molecule has 2 aromatic carbocycles. The van der Waals surface area contributed by atoms with Gasteiger partial charge in [-0.2, -0.15) is 0 Å². The standard InChI is InChI=1S/C31H31N3O9S2/c1-4-23(27(37)33-28-25(31(42)43-5-2)21-11-12-34(16(3)35)15-24(21)45-28)44-19-8-6-7-18(14-19)32-26(36)20-10-9-17(29(38)39)13-22(20)30(40)41/h6-10,13-14,23H,4-5,11-12,15H2,1-3H3,(H,32,36)(H,33,37)(H,38,39)(H,40,41). The topological polar surface area (TPSA) is 179 Å². The van der Waals surface area contributed by atoms with Crippen LogP contribution >= 0.6 is 23.1 Å². The third-order valence-electron chi connectivity index (χ3n) is 6.99. The lowest BCUT2D eigenvalue weighted by molar-refractivity contribution is -0.129. The molecule has 45 heavy (non-hydrogen) atoms. The molecule has 4 N–H and O–H groups in total. The number of carbonyl (C=O) groups is 6. The Morgan fingerprint density at radius 1 is 1.00 bits per heavy atom. The molecule has 4 rings (SSSR count). The van der Waals surface area contributed by atoms with Gasteiger partial charge >= 0.3 is 17.9 Å². The molecule has 236 valence electrons. The number of carboxylic acid groups (broad SMARTS) is 2. The first kappa shape index (κ1) is 33.2. The van der Waals surface area contributed by atoms with Crippen molar-refractivity contribution >= 4 is 69.4 Å². The van der Waals surface area contributed by atoms with E-state index in [2.05, 4.69) is 10.6 Å². The molecule has 1 aromatic heterocycles. The second kappa shape index (κ2) is 14.4. The van der Waals surface area contributed by atoms with Crippen molar-refractivity contribution < 1.29 is 43.7 Å². The summed E-state index contributed by atoms with van der Waals surface area (Å²) in [5.41, 5.74) is 0.505. The number of benzene rings is 2. The molecule has 0 radical (unpaired) electrons. The Bertz CT molecular complexity index is 1680. The normalized spacial score (nSPS) is 12.9. The summed E-state index contributed by atoms with van der Waals surface area (Å²) in [5, 5.41) is 24.0. The summed E-state index contributed by atoms with van der Waals surface area (Å²) >= 11 is 2.50. The van der Waals surface area contributed by atoms with Crippen LogP contribution in [0.15, 0.2) is 47.4 Å². The van der Waals surface area contributed by atoms with Crippen molar-refractivity contribution in [1.29, 1.82) is 0 Å². The third-order valence-corrected chi connectivity index (χ3v) is 9.48. The fourth-order valence-corrected chi connectivity index (χ4v) is 7.02. The number of fused-ring (bicyclic) bond motifs is 1. The average Bonchev–Trinajstić information content (AvgIpc) is 3.36. The zero-order valence-electron chi connectivity index (χ0n) is 24.7. The molecule has 0 spiro atoms. The number of anilines is 2. The molecule has 1 aliphatic heterocycles. The number of amides is 3. The van der Waals surface area contributed by atoms with Crippen LogP contribution in [0.4, 0.5) is 10.7 Å². The largest absolute Gasteiger partial charge is 0.478 e. The summed E-state index contributed by atoms with van der Waals surface area (Å²) in [6, 6.07) is 9.87. The Morgan fingerprint density at radius 3 is 2.40 bits per heavy atom. The molecule has 0 fully saturated rings. The van der Waals surface area contributed by atoms with Crippen LogP contribution in [0, 0.1) is 0 Å². The van der Waals surface area contributed by atoms with Gasteiger partial charge in [-0.05, 0) is 61.7 Å². The minimum absolute atomic E-state index is 0.0726. The van der Waals surface area contributed by atoms with Gasteiger partial charge < -0.3 is 30.5 Å². The SMILES string of the molecule is CCOC(=O)c1c(NC(=O)C(CC)Sc2cccc(NC(=O)c3ccc(C(=O)O)cc3C(=O)O)c2)sc2c1CCN(C(C)=O)C2. The van der Waals surface area contributed by atoms with Crippen LogP contribution in [0.5, 0.6) is 0 Å². The molecule has 1 unspecified atom stereocenters. The van der Waals surface area contributed by atoms with Crippen LogP contribution in [-0.2, 0) is 27.3 Å². The first-order valence-corrected chi connectivity index (χ1v) is 15.7. The number of carboxylic acids is 2. The first-order chi connectivity index (χ1) is 21.4. The highest BCUT2D eigenvalue weighted by molar-refractivity contribution is 8.00. The summed E-state index contributed by atoms with van der Waals surface area (Å²) in [4.78, 5) is 77.4. The van der Waals surface area contributed by atoms with Gasteiger partial charge in [0.1, 0.15) is 5.00 Å². The van der Waals surface area contributed by atoms with E-state index in [0.717, 1.165) is 28.6 Å². The summed E-state index contributed by atoms with van der Waals surface area (Å²) in [6.45, 7) is 6.01. The van der Waals surface area contributed by atoms with Gasteiger partial charge in [0, 0.05) is 28.9 Å². The Balaban J connectivity index is 1.51. The molecule has 2 heterocycles. The molecule has 0 saturated heterocycles. The van der Waals surface area contributed by atoms with Gasteiger partial charge in [0.05, 0.1) is 40.7 Å². The van der Waals surface area contributed by atoms with E-state index in [0.29, 0.717) is 47.1 Å². The number of esters is 1. The average molecular weight is 654 g/mol. The van der Waals surface area contributed by atoms with E-state index >= 15 is 0 Å². The Morgan fingerprint density at radius 2 is 1.76 bits per heavy atom. The highest BCUT2D eigenvalue weighted by Gasteiger charge is 2.31. The molecule has 1 aliphatic rings. The van der Waals surface area contributed by atoms with Crippen LogP contribution in [0.1, 0.15) is 79.1 Å². The highest BCUT2D eigenvalue weighted by atomic mass is 32.2. The monoisotopic (exact) mass is 653 g/mol. The number of hydrogen-bond acceptors (Lipinski definition) is 9. The van der Waals surface area contributed by atoms with Crippen molar-refractivity contribution in [2.24, 2.45) is 0 Å². The molecule has 3 aromatic rings. The number of ether oxygens (including phenoxy) is 1. The second-order valence-corrected chi connectivity index (χ2v) is 12.4. The maximum absolute atomic E-state index is 13.5. The van der Waals surface area contributed by atoms with Gasteiger partial charge in [0.25, 0.3) is 5.91 Å². The maximum Gasteiger partial charge on any atom is 0.341 e. The molecule has 0 aliphatic carbocycles. The van der Waals surface area contributed by atoms with Gasteiger partial charge in [-0.3, -0.25) is 14.4 Å². The highest BCUT2D eigenvalue weighted by Crippen LogP contribution is 2.38. The summed E-state index contributed by atoms with van der Waals surface area (Å²) in [6.07, 6.45) is 0.903. The fourth-order valence-electron chi connectivity index (χ4n) is 4.76. The van der Waals surface area contributed by atoms with Gasteiger partial charge in [0.15, 0.2) is 0 Å². The van der Waals surface area contributed by atoms with Crippen molar-refractivity contribution in [1.82, 2.24) is 4.90 Å².